The first-order chi connectivity index (χ1) is 17.2. The minimum atomic E-state index is -3.93. The number of hydrogen-bond donors (Lipinski definition) is 1. The second kappa shape index (κ2) is 13.7. The molecule has 0 fully saturated rings. The van der Waals surface area contributed by atoms with Crippen LogP contribution in [0.2, 0.25) is 0 Å². The first kappa shape index (κ1) is 31.9. The zero-order valence-electron chi connectivity index (χ0n) is 21.4. The Hall–Kier alpha value is -2.27. The standard InChI is InChI=1S/C28H29N2O5S.H2N.Y/c1-20(2)18-29(19-23(31)15-12-21-8-4-3-5-9-21)36(34,35)24-16-13-22(14-17-24)30-27(32)25-10-6-7-11-26(25)28(30)33;;/h3-11,13-17,20,23,31H,12,18-19H2,1-2H3;1H2;/q2*-1;/t23-;;/m0../s1. The van der Waals surface area contributed by atoms with Gasteiger partial charge in [-0.1, -0.05) is 68.0 Å². The third kappa shape index (κ3) is 7.02. The molecule has 0 spiro atoms. The van der Waals surface area contributed by atoms with Crippen LogP contribution in [0, 0.1) is 12.3 Å². The Morgan fingerprint density at radius 2 is 1.37 bits per heavy atom. The predicted molar refractivity (Wildman–Crippen MR) is 143 cm³/mol. The fraction of sp³-hybridized carbons (Fsp3) is 0.250. The van der Waals surface area contributed by atoms with E-state index in [0.29, 0.717) is 23.2 Å². The summed E-state index contributed by atoms with van der Waals surface area (Å²) in [5.74, 6) is -0.840. The molecule has 8 nitrogen and oxygen atoms in total. The van der Waals surface area contributed by atoms with Crippen molar-refractivity contribution >= 4 is 27.5 Å². The monoisotopic (exact) mass is 610 g/mol. The number of sulfonamides is 1. The molecule has 38 heavy (non-hydrogen) atoms. The van der Waals surface area contributed by atoms with E-state index in [0.717, 1.165) is 10.5 Å². The van der Waals surface area contributed by atoms with Crippen LogP contribution in [0.3, 0.4) is 0 Å². The molecule has 1 radical (unpaired) electrons. The second-order valence-electron chi connectivity index (χ2n) is 9.19. The number of aliphatic hydroxyl groups excluding tert-OH is 1. The van der Waals surface area contributed by atoms with Gasteiger partial charge in [0.05, 0.1) is 21.7 Å². The number of carbonyl (C=O) groups excluding carboxylic acids is 2. The molecule has 3 N–H and O–H groups in total. The molecule has 0 unspecified atom stereocenters. The first-order valence-electron chi connectivity index (χ1n) is 11.8. The molecule has 3 aromatic rings. The molecule has 1 aliphatic heterocycles. The Morgan fingerprint density at radius 3 is 1.89 bits per heavy atom. The average Bonchev–Trinajstić information content (AvgIpc) is 3.12. The number of fused-ring (bicyclic) bond motifs is 1. The van der Waals surface area contributed by atoms with Crippen LogP contribution in [-0.2, 0) is 49.2 Å². The summed E-state index contributed by atoms with van der Waals surface area (Å²) in [4.78, 5) is 26.6. The third-order valence-electron chi connectivity index (χ3n) is 5.95. The molecule has 4 rings (SSSR count). The average molecular weight is 611 g/mol. The second-order valence-corrected chi connectivity index (χ2v) is 11.1. The summed E-state index contributed by atoms with van der Waals surface area (Å²) in [6, 6.07) is 21.9. The maximum Gasteiger partial charge on any atom is 0.266 e. The molecule has 0 aliphatic carbocycles. The molecule has 1 aliphatic rings. The summed E-state index contributed by atoms with van der Waals surface area (Å²) in [7, 11) is -3.93. The number of imide groups is 1. The van der Waals surface area contributed by atoms with Crippen molar-refractivity contribution in [3.05, 3.63) is 108 Å². The van der Waals surface area contributed by atoms with Gasteiger partial charge in [-0.15, -0.1) is 0 Å². The summed E-state index contributed by atoms with van der Waals surface area (Å²) in [6.45, 7) is 3.98. The van der Waals surface area contributed by atoms with Gasteiger partial charge < -0.3 is 11.3 Å². The molecule has 199 valence electrons. The van der Waals surface area contributed by atoms with E-state index in [2.05, 4.69) is 0 Å². The molecule has 10 heteroatoms. The van der Waals surface area contributed by atoms with E-state index in [4.69, 9.17) is 0 Å². The van der Waals surface area contributed by atoms with Crippen molar-refractivity contribution in [3.8, 4) is 0 Å². The molecule has 3 aromatic carbocycles. The number of rotatable bonds is 10. The van der Waals surface area contributed by atoms with E-state index in [1.807, 2.05) is 44.2 Å². The van der Waals surface area contributed by atoms with Gasteiger partial charge in [-0.25, -0.2) is 13.3 Å². The van der Waals surface area contributed by atoms with Crippen molar-refractivity contribution in [2.24, 2.45) is 5.92 Å². The molecular formula is C28H31N3O5SY-2. The number of aliphatic hydroxyl groups is 1. The predicted octanol–water partition coefficient (Wildman–Crippen LogP) is 4.66. The van der Waals surface area contributed by atoms with Crippen LogP contribution in [0.25, 0.3) is 6.15 Å². The number of nitrogens with zero attached hydrogens (tertiary/aromatic N) is 2. The van der Waals surface area contributed by atoms with Crippen LogP contribution in [0.4, 0.5) is 5.69 Å². The zero-order chi connectivity index (χ0) is 25.9. The van der Waals surface area contributed by atoms with E-state index in [1.165, 1.54) is 28.6 Å². The Bertz CT molecular complexity index is 1310. The van der Waals surface area contributed by atoms with Gasteiger partial charge in [-0.05, 0) is 42.3 Å². The van der Waals surface area contributed by atoms with Crippen LogP contribution >= 0.6 is 0 Å². The fourth-order valence-electron chi connectivity index (χ4n) is 4.19. The SMILES string of the molecule is CC(C)CN(C[C@@H](O)[CH-]Cc1ccccc1)S(=O)(=O)c1ccc(N2C(=O)c3ccccc3C2=O)cc1.[NH2-].[Y]. The van der Waals surface area contributed by atoms with Crippen molar-refractivity contribution in [1.29, 1.82) is 0 Å². The molecule has 0 saturated heterocycles. The summed E-state index contributed by atoms with van der Waals surface area (Å²) < 4.78 is 28.2. The van der Waals surface area contributed by atoms with Gasteiger partial charge in [0.15, 0.2) is 0 Å². The minimum Gasteiger partial charge on any atom is -0.693 e. The smallest absolute Gasteiger partial charge is 0.266 e. The van der Waals surface area contributed by atoms with E-state index in [9.17, 15) is 23.1 Å². The molecule has 0 aromatic heterocycles. The Labute approximate surface area is 249 Å². The number of benzene rings is 3. The van der Waals surface area contributed by atoms with Crippen LogP contribution in [0.15, 0.2) is 83.8 Å². The van der Waals surface area contributed by atoms with Gasteiger partial charge in [0.1, 0.15) is 0 Å². The number of anilines is 1. The van der Waals surface area contributed by atoms with Crippen molar-refractivity contribution in [2.45, 2.75) is 31.3 Å². The van der Waals surface area contributed by atoms with Crippen LogP contribution in [-0.4, -0.2) is 48.8 Å². The van der Waals surface area contributed by atoms with Crippen molar-refractivity contribution in [1.82, 2.24) is 4.31 Å². The maximum atomic E-state index is 13.5. The first-order valence-corrected chi connectivity index (χ1v) is 13.3. The van der Waals surface area contributed by atoms with E-state index in [-0.39, 0.29) is 62.8 Å². The topological polar surface area (TPSA) is 128 Å². The zero-order valence-corrected chi connectivity index (χ0v) is 25.1. The Morgan fingerprint density at radius 1 is 0.842 bits per heavy atom. The molecule has 0 saturated carbocycles. The van der Waals surface area contributed by atoms with E-state index < -0.39 is 27.9 Å². The van der Waals surface area contributed by atoms with Gasteiger partial charge in [0.25, 0.3) is 11.8 Å². The van der Waals surface area contributed by atoms with Crippen LogP contribution < -0.4 is 4.90 Å². The largest absolute Gasteiger partial charge is 0.693 e. The van der Waals surface area contributed by atoms with Crippen molar-refractivity contribution in [2.75, 3.05) is 18.0 Å². The summed E-state index contributed by atoms with van der Waals surface area (Å²) in [5, 5.41) is 10.6. The fourth-order valence-corrected chi connectivity index (χ4v) is 5.81. The summed E-state index contributed by atoms with van der Waals surface area (Å²) in [5.41, 5.74) is 1.97. The van der Waals surface area contributed by atoms with Gasteiger partial charge >= 0.3 is 0 Å². The van der Waals surface area contributed by atoms with Gasteiger partial charge in [0, 0.05) is 45.8 Å². The molecular weight excluding hydrogens is 579 g/mol. The molecule has 0 bridgehead atoms. The maximum absolute atomic E-state index is 13.5. The quantitative estimate of drug-likeness (QED) is 0.264. The summed E-state index contributed by atoms with van der Waals surface area (Å²) >= 11 is 0. The minimum absolute atomic E-state index is 0. The molecule has 1 atom stereocenters. The van der Waals surface area contributed by atoms with Crippen molar-refractivity contribution in [3.63, 3.8) is 0 Å². The van der Waals surface area contributed by atoms with Crippen LogP contribution in [0.5, 0.6) is 0 Å². The van der Waals surface area contributed by atoms with Crippen LogP contribution in [0.1, 0.15) is 40.1 Å². The van der Waals surface area contributed by atoms with Crippen molar-refractivity contribution < 1.29 is 55.8 Å². The van der Waals surface area contributed by atoms with Gasteiger partial charge in [-0.3, -0.25) is 16.0 Å². The Balaban J connectivity index is 0.00000253. The normalized spacial score (nSPS) is 13.8. The number of hydrogen-bond acceptors (Lipinski definition) is 5. The number of nitrogens with two attached hydrogens (primary N) is 1. The van der Waals surface area contributed by atoms with Gasteiger partial charge in [0.2, 0.25) is 10.0 Å². The Kier molecular flexibility index (Phi) is 11.5. The third-order valence-corrected chi connectivity index (χ3v) is 7.80. The molecule has 1 heterocycles. The summed E-state index contributed by atoms with van der Waals surface area (Å²) in [6.07, 6.45) is 1.27. The van der Waals surface area contributed by atoms with E-state index in [1.54, 1.807) is 30.7 Å². The number of carbonyl (C=O) groups is 2. The van der Waals surface area contributed by atoms with Gasteiger partial charge in [-0.2, -0.15) is 10.7 Å². The van der Waals surface area contributed by atoms with E-state index >= 15 is 0 Å². The molecule has 2 amide bonds. The number of amides is 2.